The highest BCUT2D eigenvalue weighted by molar-refractivity contribution is 5.44. The summed E-state index contributed by atoms with van der Waals surface area (Å²) in [6, 6.07) is 4.48. The van der Waals surface area contributed by atoms with Gasteiger partial charge >= 0.3 is 0 Å². The summed E-state index contributed by atoms with van der Waals surface area (Å²) < 4.78 is 1.48. The Labute approximate surface area is 106 Å². The van der Waals surface area contributed by atoms with Gasteiger partial charge in [0.15, 0.2) is 11.5 Å². The summed E-state index contributed by atoms with van der Waals surface area (Å²) in [4.78, 5) is 2.26. The summed E-state index contributed by atoms with van der Waals surface area (Å²) in [6.07, 6.45) is 5.10. The van der Waals surface area contributed by atoms with E-state index in [4.69, 9.17) is 0 Å². The minimum absolute atomic E-state index is 0.586. The van der Waals surface area contributed by atoms with E-state index in [9.17, 15) is 0 Å². The van der Waals surface area contributed by atoms with Gasteiger partial charge in [0.05, 0.1) is 0 Å². The van der Waals surface area contributed by atoms with E-state index >= 15 is 0 Å². The van der Waals surface area contributed by atoms with Crippen LogP contribution in [0.4, 0.5) is 5.82 Å². The third kappa shape index (κ3) is 2.02. The Morgan fingerprint density at radius 2 is 2.00 bits per heavy atom. The number of rotatable bonds is 2. The van der Waals surface area contributed by atoms with Crippen LogP contribution in [-0.2, 0) is 0 Å². The number of aromatic nitrogens is 5. The van der Waals surface area contributed by atoms with Crippen LogP contribution in [0, 0.1) is 5.92 Å². The molecular formula is C12H18N6. The van der Waals surface area contributed by atoms with Crippen LogP contribution in [0.15, 0.2) is 12.1 Å². The molecule has 1 aliphatic rings. The average molecular weight is 246 g/mol. The smallest absolute Gasteiger partial charge is 0.200 e. The molecular weight excluding hydrogens is 228 g/mol. The zero-order valence-corrected chi connectivity index (χ0v) is 10.8. The van der Waals surface area contributed by atoms with Gasteiger partial charge in [-0.25, -0.2) is 0 Å². The number of fused-ring (bicyclic) bond motifs is 1. The lowest BCUT2D eigenvalue weighted by Gasteiger charge is -2.34. The summed E-state index contributed by atoms with van der Waals surface area (Å²) >= 11 is 0. The fourth-order valence-corrected chi connectivity index (χ4v) is 2.65. The maximum absolute atomic E-state index is 4.44. The molecule has 2 aromatic rings. The van der Waals surface area contributed by atoms with Gasteiger partial charge in [-0.3, -0.25) is 0 Å². The number of hydrogen-bond donors (Lipinski definition) is 0. The first kappa shape index (κ1) is 11.4. The molecule has 0 aliphatic heterocycles. The van der Waals surface area contributed by atoms with E-state index in [-0.39, 0.29) is 0 Å². The summed E-state index contributed by atoms with van der Waals surface area (Å²) in [5.74, 6) is 1.80. The molecule has 0 aromatic carbocycles. The van der Waals surface area contributed by atoms with E-state index in [1.807, 2.05) is 12.1 Å². The summed E-state index contributed by atoms with van der Waals surface area (Å²) in [7, 11) is 2.11. The molecule has 96 valence electrons. The molecule has 0 N–H and O–H groups in total. The lowest BCUT2D eigenvalue weighted by Crippen LogP contribution is -2.35. The topological polar surface area (TPSA) is 59.2 Å². The van der Waals surface area contributed by atoms with Crippen LogP contribution in [0.3, 0.4) is 0 Å². The van der Waals surface area contributed by atoms with Gasteiger partial charge in [0, 0.05) is 13.1 Å². The van der Waals surface area contributed by atoms with Crippen molar-refractivity contribution >= 4 is 11.5 Å². The fourth-order valence-electron chi connectivity index (χ4n) is 2.65. The Morgan fingerprint density at radius 1 is 1.22 bits per heavy atom. The third-order valence-electron chi connectivity index (χ3n) is 3.95. The maximum atomic E-state index is 4.44. The van der Waals surface area contributed by atoms with Crippen molar-refractivity contribution in [3.63, 3.8) is 0 Å². The van der Waals surface area contributed by atoms with Crippen molar-refractivity contribution in [3.8, 4) is 0 Å². The third-order valence-corrected chi connectivity index (χ3v) is 3.95. The Balaban J connectivity index is 1.80. The molecule has 0 bridgehead atoms. The highest BCUT2D eigenvalue weighted by atomic mass is 15.6. The second kappa shape index (κ2) is 4.51. The van der Waals surface area contributed by atoms with Gasteiger partial charge in [0.1, 0.15) is 0 Å². The molecule has 6 nitrogen and oxygen atoms in total. The van der Waals surface area contributed by atoms with Gasteiger partial charge in [-0.15, -0.1) is 14.8 Å². The SMILES string of the molecule is CC1CCC(N(C)c2ccc3nnnn3n2)CC1. The Bertz CT molecular complexity index is 528. The molecule has 0 atom stereocenters. The summed E-state index contributed by atoms with van der Waals surface area (Å²) in [5.41, 5.74) is 0.685. The first-order chi connectivity index (χ1) is 8.74. The van der Waals surface area contributed by atoms with Crippen molar-refractivity contribution < 1.29 is 0 Å². The molecule has 6 heteroatoms. The van der Waals surface area contributed by atoms with Gasteiger partial charge in [0.25, 0.3) is 0 Å². The van der Waals surface area contributed by atoms with E-state index < -0.39 is 0 Å². The number of anilines is 1. The predicted molar refractivity (Wildman–Crippen MR) is 68.4 cm³/mol. The molecule has 0 saturated heterocycles. The molecule has 0 amide bonds. The minimum atomic E-state index is 0.586. The second-order valence-corrected chi connectivity index (χ2v) is 5.24. The Hall–Kier alpha value is -1.72. The van der Waals surface area contributed by atoms with E-state index in [0.717, 1.165) is 11.7 Å². The van der Waals surface area contributed by atoms with Crippen LogP contribution in [0.5, 0.6) is 0 Å². The zero-order chi connectivity index (χ0) is 12.5. The summed E-state index contributed by atoms with van der Waals surface area (Å²) in [5, 5.41) is 15.7. The van der Waals surface area contributed by atoms with Crippen LogP contribution in [0.2, 0.25) is 0 Å². The lowest BCUT2D eigenvalue weighted by molar-refractivity contribution is 0.339. The van der Waals surface area contributed by atoms with Gasteiger partial charge < -0.3 is 4.90 Å². The van der Waals surface area contributed by atoms with E-state index in [2.05, 4.69) is 39.5 Å². The van der Waals surface area contributed by atoms with Crippen LogP contribution in [-0.4, -0.2) is 38.3 Å². The largest absolute Gasteiger partial charge is 0.355 e. The first-order valence-electron chi connectivity index (χ1n) is 6.52. The van der Waals surface area contributed by atoms with Crippen molar-refractivity contribution in [1.29, 1.82) is 0 Å². The number of nitrogens with zero attached hydrogens (tertiary/aromatic N) is 6. The predicted octanol–water partition coefficient (Wildman–Crippen LogP) is 1.53. The zero-order valence-electron chi connectivity index (χ0n) is 10.8. The van der Waals surface area contributed by atoms with Gasteiger partial charge in [-0.05, 0) is 54.2 Å². The molecule has 18 heavy (non-hydrogen) atoms. The van der Waals surface area contributed by atoms with Crippen molar-refractivity contribution in [1.82, 2.24) is 25.3 Å². The summed E-state index contributed by atoms with van der Waals surface area (Å²) in [6.45, 7) is 2.33. The van der Waals surface area contributed by atoms with E-state index in [1.54, 1.807) is 0 Å². The highest BCUT2D eigenvalue weighted by Crippen LogP contribution is 2.28. The Kier molecular flexibility index (Phi) is 2.85. The van der Waals surface area contributed by atoms with E-state index in [1.165, 1.54) is 30.3 Å². The average Bonchev–Trinajstić information content (AvgIpc) is 2.86. The molecule has 0 unspecified atom stereocenters. The molecule has 1 aliphatic carbocycles. The van der Waals surface area contributed by atoms with E-state index in [0.29, 0.717) is 11.7 Å². The van der Waals surface area contributed by atoms with Crippen molar-refractivity contribution in [3.05, 3.63) is 12.1 Å². The molecule has 2 aromatic heterocycles. The molecule has 0 radical (unpaired) electrons. The van der Waals surface area contributed by atoms with Crippen molar-refractivity contribution in [2.24, 2.45) is 5.92 Å². The molecule has 2 heterocycles. The molecule has 1 fully saturated rings. The van der Waals surface area contributed by atoms with Crippen molar-refractivity contribution in [2.75, 3.05) is 11.9 Å². The Morgan fingerprint density at radius 3 is 2.78 bits per heavy atom. The van der Waals surface area contributed by atoms with Gasteiger partial charge in [-0.1, -0.05) is 6.92 Å². The first-order valence-corrected chi connectivity index (χ1v) is 6.52. The monoisotopic (exact) mass is 246 g/mol. The van der Waals surface area contributed by atoms with Crippen LogP contribution in [0.25, 0.3) is 5.65 Å². The van der Waals surface area contributed by atoms with Crippen LogP contribution >= 0.6 is 0 Å². The normalized spacial score (nSPS) is 24.3. The van der Waals surface area contributed by atoms with Gasteiger partial charge in [-0.2, -0.15) is 0 Å². The highest BCUT2D eigenvalue weighted by Gasteiger charge is 2.22. The molecule has 0 spiro atoms. The second-order valence-electron chi connectivity index (χ2n) is 5.24. The fraction of sp³-hybridized carbons (Fsp3) is 0.667. The maximum Gasteiger partial charge on any atom is 0.200 e. The van der Waals surface area contributed by atoms with Crippen LogP contribution < -0.4 is 4.90 Å². The number of tetrazole rings is 1. The molecule has 1 saturated carbocycles. The lowest BCUT2D eigenvalue weighted by atomic mass is 9.87. The van der Waals surface area contributed by atoms with Gasteiger partial charge in [0.2, 0.25) is 0 Å². The minimum Gasteiger partial charge on any atom is -0.355 e. The quantitative estimate of drug-likeness (QED) is 0.804. The van der Waals surface area contributed by atoms with Crippen LogP contribution in [0.1, 0.15) is 32.6 Å². The standard InChI is InChI=1S/C12H18N6/c1-9-3-5-10(6-4-9)17(2)12-8-7-11-13-15-16-18(11)14-12/h7-10H,3-6H2,1-2H3. The number of hydrogen-bond acceptors (Lipinski definition) is 5. The van der Waals surface area contributed by atoms with Crippen molar-refractivity contribution in [2.45, 2.75) is 38.6 Å². The molecule has 3 rings (SSSR count).